The Labute approximate surface area is 126 Å². The summed E-state index contributed by atoms with van der Waals surface area (Å²) in [6.45, 7) is 3.73. The smallest absolute Gasteiger partial charge is 0.263 e. The van der Waals surface area contributed by atoms with Crippen LogP contribution in [-0.2, 0) is 10.0 Å². The highest BCUT2D eigenvalue weighted by Crippen LogP contribution is 2.17. The quantitative estimate of drug-likeness (QED) is 0.823. The van der Waals surface area contributed by atoms with Crippen molar-refractivity contribution >= 4 is 38.4 Å². The van der Waals surface area contributed by atoms with Crippen molar-refractivity contribution in [2.75, 3.05) is 4.72 Å². The first-order valence-electron chi connectivity index (χ1n) is 5.60. The molecule has 1 aromatic heterocycles. The summed E-state index contributed by atoms with van der Waals surface area (Å²) in [6, 6.07) is 10.3. The molecule has 2 rings (SSSR count). The minimum absolute atomic E-state index is 0.230. The van der Waals surface area contributed by atoms with Gasteiger partial charge in [0.25, 0.3) is 10.0 Å². The van der Waals surface area contributed by atoms with Gasteiger partial charge in [-0.25, -0.2) is 13.4 Å². The molecule has 0 saturated carbocycles. The van der Waals surface area contributed by atoms with E-state index in [2.05, 4.69) is 32.3 Å². The molecular formula is C13H13IN2O2S. The van der Waals surface area contributed by atoms with Crippen molar-refractivity contribution in [2.45, 2.75) is 18.7 Å². The van der Waals surface area contributed by atoms with Gasteiger partial charge in [0.05, 0.1) is 4.90 Å². The Balaban J connectivity index is 2.33. The number of hydrogen-bond acceptors (Lipinski definition) is 3. The number of hydrogen-bond donors (Lipinski definition) is 1. The van der Waals surface area contributed by atoms with E-state index in [1.54, 1.807) is 30.3 Å². The molecule has 0 aliphatic rings. The molecule has 0 fully saturated rings. The van der Waals surface area contributed by atoms with Crippen molar-refractivity contribution in [3.05, 3.63) is 51.2 Å². The van der Waals surface area contributed by atoms with E-state index in [0.29, 0.717) is 5.82 Å². The normalized spacial score (nSPS) is 11.3. The van der Waals surface area contributed by atoms with Crippen LogP contribution in [0, 0.1) is 17.4 Å². The number of halogens is 1. The first kappa shape index (κ1) is 14.3. The minimum atomic E-state index is -3.58. The number of anilines is 1. The lowest BCUT2D eigenvalue weighted by molar-refractivity contribution is 0.601. The van der Waals surface area contributed by atoms with Gasteiger partial charge in [-0.3, -0.25) is 4.72 Å². The van der Waals surface area contributed by atoms with E-state index in [1.165, 1.54) is 0 Å². The van der Waals surface area contributed by atoms with E-state index in [9.17, 15) is 8.42 Å². The van der Waals surface area contributed by atoms with Crippen molar-refractivity contribution in [1.82, 2.24) is 4.98 Å². The fraction of sp³-hybridized carbons (Fsp3) is 0.154. The van der Waals surface area contributed by atoms with E-state index in [1.807, 2.05) is 19.9 Å². The lowest BCUT2D eigenvalue weighted by Gasteiger charge is -2.09. The van der Waals surface area contributed by atoms with E-state index in [4.69, 9.17) is 0 Å². The number of nitrogens with one attached hydrogen (secondary N) is 1. The highest BCUT2D eigenvalue weighted by Gasteiger charge is 2.14. The third-order valence-corrected chi connectivity index (χ3v) is 4.55. The van der Waals surface area contributed by atoms with E-state index in [-0.39, 0.29) is 4.90 Å². The number of nitrogens with zero attached hydrogens (tertiary/aromatic N) is 1. The summed E-state index contributed by atoms with van der Waals surface area (Å²) in [7, 11) is -3.58. The van der Waals surface area contributed by atoms with Gasteiger partial charge in [0.15, 0.2) is 0 Å². The van der Waals surface area contributed by atoms with Crippen LogP contribution < -0.4 is 4.72 Å². The number of sulfonamides is 1. The maximum Gasteiger partial charge on any atom is 0.263 e. The molecule has 100 valence electrons. The molecule has 0 radical (unpaired) electrons. The number of aromatic nitrogens is 1. The van der Waals surface area contributed by atoms with Crippen LogP contribution in [-0.4, -0.2) is 13.4 Å². The molecule has 0 atom stereocenters. The molecule has 6 heteroatoms. The second-order valence-corrected chi connectivity index (χ2v) is 7.16. The van der Waals surface area contributed by atoms with E-state index in [0.717, 1.165) is 14.8 Å². The molecule has 0 spiro atoms. The summed E-state index contributed by atoms with van der Waals surface area (Å²) < 4.78 is 27.8. The predicted molar refractivity (Wildman–Crippen MR) is 83.7 cm³/mol. The Morgan fingerprint density at radius 3 is 2.32 bits per heavy atom. The Morgan fingerprint density at radius 1 is 1.11 bits per heavy atom. The number of pyridine rings is 1. The van der Waals surface area contributed by atoms with Crippen LogP contribution >= 0.6 is 22.6 Å². The average molecular weight is 388 g/mol. The number of aryl methyl sites for hydroxylation is 2. The Bertz CT molecular complexity index is 677. The van der Waals surface area contributed by atoms with Crippen LogP contribution in [0.1, 0.15) is 11.3 Å². The third kappa shape index (κ3) is 3.66. The molecule has 1 aromatic carbocycles. The topological polar surface area (TPSA) is 59.1 Å². The van der Waals surface area contributed by atoms with Crippen LogP contribution in [0.5, 0.6) is 0 Å². The van der Waals surface area contributed by atoms with Crippen LogP contribution in [0.25, 0.3) is 0 Å². The fourth-order valence-electron chi connectivity index (χ4n) is 1.70. The fourth-order valence-corrected chi connectivity index (χ4v) is 3.06. The summed E-state index contributed by atoms with van der Waals surface area (Å²) >= 11 is 2.13. The lowest BCUT2D eigenvalue weighted by Crippen LogP contribution is -2.14. The van der Waals surface area contributed by atoms with Gasteiger partial charge >= 0.3 is 0 Å². The molecule has 0 amide bonds. The van der Waals surface area contributed by atoms with Gasteiger partial charge in [0.1, 0.15) is 5.82 Å². The van der Waals surface area contributed by atoms with Crippen LogP contribution in [0.3, 0.4) is 0 Å². The van der Waals surface area contributed by atoms with Crippen LogP contribution in [0.4, 0.5) is 5.82 Å². The van der Waals surface area contributed by atoms with Crippen molar-refractivity contribution in [2.24, 2.45) is 0 Å². The predicted octanol–water partition coefficient (Wildman–Crippen LogP) is 3.10. The third-order valence-electron chi connectivity index (χ3n) is 2.46. The molecule has 1 N–H and O–H groups in total. The average Bonchev–Trinajstić information content (AvgIpc) is 2.27. The van der Waals surface area contributed by atoms with Gasteiger partial charge in [0, 0.05) is 9.26 Å². The zero-order valence-electron chi connectivity index (χ0n) is 10.5. The van der Waals surface area contributed by atoms with Gasteiger partial charge in [-0.1, -0.05) is 0 Å². The first-order valence-corrected chi connectivity index (χ1v) is 8.17. The summed E-state index contributed by atoms with van der Waals surface area (Å²) in [5, 5.41) is 0. The summed E-state index contributed by atoms with van der Waals surface area (Å²) in [6.07, 6.45) is 0. The molecule has 0 aliphatic heterocycles. The summed E-state index contributed by atoms with van der Waals surface area (Å²) in [5.74, 6) is 0.344. The maximum atomic E-state index is 12.2. The van der Waals surface area contributed by atoms with Gasteiger partial charge in [0.2, 0.25) is 0 Å². The number of rotatable bonds is 3. The second kappa shape index (κ2) is 5.46. The molecule has 19 heavy (non-hydrogen) atoms. The van der Waals surface area contributed by atoms with Crippen molar-refractivity contribution in [3.8, 4) is 0 Å². The standard InChI is InChI=1S/C13H13IN2O2S/c1-9-7-10(2)15-13(8-9)16-19(17,18)12-5-3-11(14)4-6-12/h3-8H,1-2H3,(H,15,16). The van der Waals surface area contributed by atoms with E-state index >= 15 is 0 Å². The van der Waals surface area contributed by atoms with Crippen molar-refractivity contribution < 1.29 is 8.42 Å². The van der Waals surface area contributed by atoms with Gasteiger partial charge in [-0.2, -0.15) is 0 Å². The molecular weight excluding hydrogens is 375 g/mol. The molecule has 0 bridgehead atoms. The number of benzene rings is 1. The van der Waals surface area contributed by atoms with Crippen LogP contribution in [0.15, 0.2) is 41.3 Å². The first-order chi connectivity index (χ1) is 8.87. The molecule has 1 heterocycles. The Kier molecular flexibility index (Phi) is 4.10. The minimum Gasteiger partial charge on any atom is -0.263 e. The molecule has 0 saturated heterocycles. The summed E-state index contributed by atoms with van der Waals surface area (Å²) in [4.78, 5) is 4.40. The molecule has 0 unspecified atom stereocenters. The van der Waals surface area contributed by atoms with Gasteiger partial charge < -0.3 is 0 Å². The largest absolute Gasteiger partial charge is 0.263 e. The van der Waals surface area contributed by atoms with Crippen molar-refractivity contribution in [1.29, 1.82) is 0 Å². The molecule has 4 nitrogen and oxygen atoms in total. The van der Waals surface area contributed by atoms with E-state index < -0.39 is 10.0 Å². The molecule has 0 aliphatic carbocycles. The highest BCUT2D eigenvalue weighted by molar-refractivity contribution is 14.1. The monoisotopic (exact) mass is 388 g/mol. The maximum absolute atomic E-state index is 12.2. The summed E-state index contributed by atoms with van der Waals surface area (Å²) in [5.41, 5.74) is 1.74. The molecule has 2 aromatic rings. The SMILES string of the molecule is Cc1cc(C)nc(NS(=O)(=O)c2ccc(I)cc2)c1. The Morgan fingerprint density at radius 2 is 1.74 bits per heavy atom. The zero-order valence-corrected chi connectivity index (χ0v) is 13.5. The van der Waals surface area contributed by atoms with Crippen LogP contribution in [0.2, 0.25) is 0 Å². The van der Waals surface area contributed by atoms with Gasteiger partial charge in [-0.05, 0) is 78.4 Å². The van der Waals surface area contributed by atoms with Crippen molar-refractivity contribution in [3.63, 3.8) is 0 Å². The second-order valence-electron chi connectivity index (χ2n) is 4.23. The Hall–Kier alpha value is -1.15. The zero-order chi connectivity index (χ0) is 14.0. The lowest BCUT2D eigenvalue weighted by atomic mass is 10.2. The van der Waals surface area contributed by atoms with Gasteiger partial charge in [-0.15, -0.1) is 0 Å². The highest BCUT2D eigenvalue weighted by atomic mass is 127.